The number of benzene rings is 2. The lowest BCUT2D eigenvalue weighted by Crippen LogP contribution is -2.26. The van der Waals surface area contributed by atoms with Crippen LogP contribution in [-0.4, -0.2) is 7.05 Å². The van der Waals surface area contributed by atoms with Crippen molar-refractivity contribution in [3.05, 3.63) is 69.4 Å². The summed E-state index contributed by atoms with van der Waals surface area (Å²) in [7, 11) is 1.91. The lowest BCUT2D eigenvalue weighted by molar-refractivity contribution is 0.383. The van der Waals surface area contributed by atoms with Crippen molar-refractivity contribution < 1.29 is 4.39 Å². The molecule has 1 unspecified atom stereocenters. The summed E-state index contributed by atoms with van der Waals surface area (Å²) < 4.78 is 14.9. The smallest absolute Gasteiger partial charge is 0.142 e. The van der Waals surface area contributed by atoms with Crippen LogP contribution in [0.1, 0.15) is 22.7 Å². The first-order valence-electron chi connectivity index (χ1n) is 6.88. The molecule has 2 aromatic carbocycles. The van der Waals surface area contributed by atoms with E-state index in [1.54, 1.807) is 6.07 Å². The fraction of sp³-hybridized carbons (Fsp3) is 0.294. The van der Waals surface area contributed by atoms with Gasteiger partial charge in [-0.1, -0.05) is 36.4 Å². The van der Waals surface area contributed by atoms with Crippen molar-refractivity contribution in [2.24, 2.45) is 5.92 Å². The molecule has 1 N–H and O–H groups in total. The summed E-state index contributed by atoms with van der Waals surface area (Å²) in [5.41, 5.74) is 3.54. The third-order valence-corrected chi connectivity index (χ3v) is 4.79. The molecule has 104 valence electrons. The highest BCUT2D eigenvalue weighted by molar-refractivity contribution is 9.10. The van der Waals surface area contributed by atoms with Crippen molar-refractivity contribution in [1.29, 1.82) is 0 Å². The molecular formula is C17H17BrFN. The van der Waals surface area contributed by atoms with Gasteiger partial charge < -0.3 is 5.32 Å². The molecule has 0 aromatic heterocycles. The molecule has 0 saturated heterocycles. The van der Waals surface area contributed by atoms with E-state index in [1.165, 1.54) is 11.1 Å². The Kier molecular flexibility index (Phi) is 3.90. The van der Waals surface area contributed by atoms with Gasteiger partial charge in [-0.25, -0.2) is 4.39 Å². The van der Waals surface area contributed by atoms with Crippen molar-refractivity contribution in [2.75, 3.05) is 7.05 Å². The maximum atomic E-state index is 14.3. The number of hydrogen-bond acceptors (Lipinski definition) is 1. The molecule has 0 fully saturated rings. The number of rotatable bonds is 3. The van der Waals surface area contributed by atoms with Gasteiger partial charge in [-0.05, 0) is 58.9 Å². The molecule has 3 heteroatoms. The molecule has 0 aliphatic heterocycles. The van der Waals surface area contributed by atoms with Crippen molar-refractivity contribution in [3.63, 3.8) is 0 Å². The van der Waals surface area contributed by atoms with Gasteiger partial charge in [0, 0.05) is 11.6 Å². The van der Waals surface area contributed by atoms with Crippen molar-refractivity contribution in [2.45, 2.75) is 18.9 Å². The Balaban J connectivity index is 1.91. The van der Waals surface area contributed by atoms with Crippen LogP contribution in [0.25, 0.3) is 0 Å². The van der Waals surface area contributed by atoms with E-state index in [0.717, 1.165) is 18.4 Å². The Hall–Kier alpha value is -1.19. The van der Waals surface area contributed by atoms with Crippen LogP contribution in [0.2, 0.25) is 0 Å². The first-order valence-corrected chi connectivity index (χ1v) is 7.68. The lowest BCUT2D eigenvalue weighted by atomic mass is 9.90. The van der Waals surface area contributed by atoms with Gasteiger partial charge in [-0.2, -0.15) is 0 Å². The molecule has 1 atom stereocenters. The van der Waals surface area contributed by atoms with Gasteiger partial charge in [0.05, 0.1) is 4.47 Å². The van der Waals surface area contributed by atoms with Crippen LogP contribution in [0.3, 0.4) is 0 Å². The van der Waals surface area contributed by atoms with Gasteiger partial charge in [-0.3, -0.25) is 0 Å². The molecule has 0 spiro atoms. The summed E-state index contributed by atoms with van der Waals surface area (Å²) in [5.74, 6) is 0.254. The highest BCUT2D eigenvalue weighted by Gasteiger charge is 2.30. The summed E-state index contributed by atoms with van der Waals surface area (Å²) in [6.45, 7) is 0. The Labute approximate surface area is 127 Å². The molecule has 0 saturated carbocycles. The molecule has 1 aliphatic rings. The molecule has 20 heavy (non-hydrogen) atoms. The van der Waals surface area contributed by atoms with E-state index < -0.39 is 0 Å². The maximum absolute atomic E-state index is 14.3. The largest absolute Gasteiger partial charge is 0.313 e. The van der Waals surface area contributed by atoms with Gasteiger partial charge in [-0.15, -0.1) is 0 Å². The molecular weight excluding hydrogens is 317 g/mol. The van der Waals surface area contributed by atoms with Gasteiger partial charge >= 0.3 is 0 Å². The number of fused-ring (bicyclic) bond motifs is 1. The topological polar surface area (TPSA) is 12.0 Å². The van der Waals surface area contributed by atoms with Crippen LogP contribution in [0.4, 0.5) is 4.39 Å². The fourth-order valence-corrected chi connectivity index (χ4v) is 3.62. The van der Waals surface area contributed by atoms with Gasteiger partial charge in [0.2, 0.25) is 0 Å². The first-order chi connectivity index (χ1) is 9.70. The summed E-state index contributed by atoms with van der Waals surface area (Å²) >= 11 is 3.28. The van der Waals surface area contributed by atoms with Gasteiger partial charge in [0.1, 0.15) is 5.82 Å². The summed E-state index contributed by atoms with van der Waals surface area (Å²) in [6, 6.07) is 14.1. The second kappa shape index (κ2) is 5.66. The minimum atomic E-state index is -0.150. The highest BCUT2D eigenvalue weighted by atomic mass is 79.9. The summed E-state index contributed by atoms with van der Waals surface area (Å²) in [5, 5.41) is 3.30. The zero-order valence-corrected chi connectivity index (χ0v) is 13.0. The quantitative estimate of drug-likeness (QED) is 0.884. The van der Waals surface area contributed by atoms with E-state index in [0.29, 0.717) is 10.4 Å². The standard InChI is InChI=1S/C17H17BrFN/c1-20-17(14-7-4-8-15(18)16(14)19)13-9-11-5-2-3-6-12(11)10-13/h2-8,13,17,20H,9-10H2,1H3. The van der Waals surface area contributed by atoms with E-state index in [9.17, 15) is 4.39 Å². The van der Waals surface area contributed by atoms with E-state index in [4.69, 9.17) is 0 Å². The summed E-state index contributed by atoms with van der Waals surface area (Å²) in [6.07, 6.45) is 2.02. The molecule has 0 heterocycles. The van der Waals surface area contributed by atoms with E-state index >= 15 is 0 Å². The van der Waals surface area contributed by atoms with Crippen molar-refractivity contribution in [1.82, 2.24) is 5.32 Å². The second-order valence-electron chi connectivity index (χ2n) is 5.35. The van der Waals surface area contributed by atoms with E-state index in [2.05, 4.69) is 45.5 Å². The molecule has 3 rings (SSSR count). The van der Waals surface area contributed by atoms with Crippen molar-refractivity contribution >= 4 is 15.9 Å². The lowest BCUT2D eigenvalue weighted by Gasteiger charge is -2.24. The average Bonchev–Trinajstić information content (AvgIpc) is 2.87. The van der Waals surface area contributed by atoms with Crippen LogP contribution in [0, 0.1) is 11.7 Å². The third kappa shape index (κ3) is 2.40. The molecule has 0 bridgehead atoms. The predicted octanol–water partition coefficient (Wildman–Crippen LogP) is 4.26. The van der Waals surface area contributed by atoms with E-state index in [-0.39, 0.29) is 11.9 Å². The minimum absolute atomic E-state index is 0.0416. The highest BCUT2D eigenvalue weighted by Crippen LogP contribution is 2.36. The Morgan fingerprint density at radius 3 is 2.35 bits per heavy atom. The molecule has 2 aromatic rings. The molecule has 0 radical (unpaired) electrons. The van der Waals surface area contributed by atoms with Crippen LogP contribution < -0.4 is 5.32 Å². The summed E-state index contributed by atoms with van der Waals surface area (Å²) in [4.78, 5) is 0. The molecule has 1 nitrogen and oxygen atoms in total. The fourth-order valence-electron chi connectivity index (χ4n) is 3.23. The Bertz CT molecular complexity index is 601. The van der Waals surface area contributed by atoms with Crippen LogP contribution >= 0.6 is 15.9 Å². The Morgan fingerprint density at radius 2 is 1.75 bits per heavy atom. The number of hydrogen-bond donors (Lipinski definition) is 1. The molecule has 0 amide bonds. The van der Waals surface area contributed by atoms with Gasteiger partial charge in [0.25, 0.3) is 0 Å². The second-order valence-corrected chi connectivity index (χ2v) is 6.20. The predicted molar refractivity (Wildman–Crippen MR) is 83.2 cm³/mol. The zero-order valence-electron chi connectivity index (χ0n) is 11.4. The number of halogens is 2. The minimum Gasteiger partial charge on any atom is -0.313 e. The van der Waals surface area contributed by atoms with Gasteiger partial charge in [0.15, 0.2) is 0 Å². The van der Waals surface area contributed by atoms with E-state index in [1.807, 2.05) is 19.2 Å². The Morgan fingerprint density at radius 1 is 1.10 bits per heavy atom. The maximum Gasteiger partial charge on any atom is 0.142 e. The van der Waals surface area contributed by atoms with Crippen LogP contribution in [-0.2, 0) is 12.8 Å². The third-order valence-electron chi connectivity index (χ3n) is 4.18. The first kappa shape index (κ1) is 13.8. The average molecular weight is 334 g/mol. The van der Waals surface area contributed by atoms with Crippen LogP contribution in [0.5, 0.6) is 0 Å². The SMILES string of the molecule is CNC(c1cccc(Br)c1F)C1Cc2ccccc2C1. The van der Waals surface area contributed by atoms with Crippen LogP contribution in [0.15, 0.2) is 46.9 Å². The number of nitrogens with one attached hydrogen (secondary N) is 1. The molecule has 1 aliphatic carbocycles. The zero-order chi connectivity index (χ0) is 14.1. The normalized spacial score (nSPS) is 16.1. The van der Waals surface area contributed by atoms with Crippen molar-refractivity contribution in [3.8, 4) is 0 Å². The monoisotopic (exact) mass is 333 g/mol.